The van der Waals surface area contributed by atoms with Crippen molar-refractivity contribution in [1.29, 1.82) is 0 Å². The molecule has 1 aromatic carbocycles. The van der Waals surface area contributed by atoms with Gasteiger partial charge in [-0.2, -0.15) is 0 Å². The van der Waals surface area contributed by atoms with Gasteiger partial charge in [0.2, 0.25) is 5.88 Å². The second-order valence-corrected chi connectivity index (χ2v) is 5.80. The van der Waals surface area contributed by atoms with Crippen LogP contribution in [0.3, 0.4) is 0 Å². The lowest BCUT2D eigenvalue weighted by atomic mass is 10.0. The zero-order valence-corrected chi connectivity index (χ0v) is 13.6. The summed E-state index contributed by atoms with van der Waals surface area (Å²) in [6.45, 7) is 3.24. The maximum Gasteiger partial charge on any atom is 0.314 e. The molecule has 2 aromatic rings. The van der Waals surface area contributed by atoms with Gasteiger partial charge < -0.3 is 15.4 Å². The Labute approximate surface area is 142 Å². The van der Waals surface area contributed by atoms with Crippen LogP contribution in [-0.2, 0) is 0 Å². The number of urea groups is 1. The summed E-state index contributed by atoms with van der Waals surface area (Å²) in [5.41, 5.74) is 8.53. The third-order valence-corrected chi connectivity index (χ3v) is 3.93. The summed E-state index contributed by atoms with van der Waals surface area (Å²) >= 11 is 0. The number of rotatable bonds is 3. The van der Waals surface area contributed by atoms with Crippen molar-refractivity contribution in [3.63, 3.8) is 0 Å². The number of likely N-dealkylation sites (tertiary alicyclic amines) is 1. The lowest BCUT2D eigenvalue weighted by molar-refractivity contribution is 0.203. The van der Waals surface area contributed by atoms with Crippen molar-refractivity contribution in [3.8, 4) is 11.6 Å². The Morgan fingerprint density at radius 3 is 2.75 bits per heavy atom. The molecule has 2 N–H and O–H groups in total. The number of aryl methyl sites for hydroxylation is 1. The number of benzene rings is 1. The normalized spacial score (nSPS) is 14.4. The number of carbonyl (C=O) groups excluding carboxylic acids is 1. The van der Waals surface area contributed by atoms with Gasteiger partial charge in [0.05, 0.1) is 18.1 Å². The van der Waals surface area contributed by atoms with Crippen molar-refractivity contribution < 1.29 is 11.0 Å². The highest BCUT2D eigenvalue weighted by Crippen LogP contribution is 2.24. The molecule has 0 aliphatic carbocycles. The van der Waals surface area contributed by atoms with Crippen LogP contribution in [0.25, 0.3) is 6.08 Å². The lowest BCUT2D eigenvalue weighted by Gasteiger charge is -2.26. The number of nitrogens with two attached hydrogens (primary N) is 1. The second kappa shape index (κ2) is 7.12. The van der Waals surface area contributed by atoms with Crippen molar-refractivity contribution in [2.45, 2.75) is 19.8 Å². The quantitative estimate of drug-likeness (QED) is 0.937. The Bertz CT molecular complexity index is 752. The van der Waals surface area contributed by atoms with Crippen LogP contribution in [0.15, 0.2) is 42.2 Å². The summed E-state index contributed by atoms with van der Waals surface area (Å²) in [6, 6.07) is 7.49. The van der Waals surface area contributed by atoms with Crippen molar-refractivity contribution in [1.82, 2.24) is 14.9 Å². The highest BCUT2D eigenvalue weighted by Gasteiger charge is 2.16. The molecule has 6 nitrogen and oxygen atoms in total. The SMILES string of the molecule is Cc1cnc(Oc2cccc(C=C3CCN(C(N)=O)CC3)c2)cn1.[HH]. The number of aromatic nitrogens is 2. The first-order valence-electron chi connectivity index (χ1n) is 7.90. The van der Waals surface area contributed by atoms with E-state index in [1.54, 1.807) is 17.3 Å². The minimum Gasteiger partial charge on any atom is -0.437 e. The highest BCUT2D eigenvalue weighted by atomic mass is 16.5. The van der Waals surface area contributed by atoms with Crippen molar-refractivity contribution in [2.24, 2.45) is 5.73 Å². The van der Waals surface area contributed by atoms with Crippen molar-refractivity contribution >= 4 is 12.1 Å². The summed E-state index contributed by atoms with van der Waals surface area (Å²) < 4.78 is 5.74. The van der Waals surface area contributed by atoms with E-state index in [-0.39, 0.29) is 7.46 Å². The van der Waals surface area contributed by atoms with E-state index in [2.05, 4.69) is 16.0 Å². The van der Waals surface area contributed by atoms with Crippen LogP contribution in [0.1, 0.15) is 25.5 Å². The minimum atomic E-state index is -0.344. The van der Waals surface area contributed by atoms with E-state index in [9.17, 15) is 4.79 Å². The number of ether oxygens (including phenoxy) is 1. The number of hydrogen-bond donors (Lipinski definition) is 1. The highest BCUT2D eigenvalue weighted by molar-refractivity contribution is 5.72. The molecular formula is C18H22N4O2. The molecule has 2 heterocycles. The van der Waals surface area contributed by atoms with Crippen LogP contribution in [-0.4, -0.2) is 34.0 Å². The zero-order valence-electron chi connectivity index (χ0n) is 13.6. The van der Waals surface area contributed by atoms with Gasteiger partial charge in [0, 0.05) is 14.5 Å². The van der Waals surface area contributed by atoms with E-state index in [1.165, 1.54) is 5.57 Å². The first kappa shape index (κ1) is 16.0. The standard InChI is InChI=1S/C18H20N4O2.H2/c1-13-11-21-17(12-20-13)24-16-4-2-3-15(10-16)9-14-5-7-22(8-6-14)18(19)23;/h2-4,9-12H,5-8H2,1H3,(H2,19,23);1H. The molecule has 0 atom stereocenters. The average Bonchev–Trinajstić information content (AvgIpc) is 2.58. The van der Waals surface area contributed by atoms with Crippen LogP contribution in [0.2, 0.25) is 0 Å². The Kier molecular flexibility index (Phi) is 4.74. The fourth-order valence-electron chi connectivity index (χ4n) is 2.62. The fraction of sp³-hybridized carbons (Fsp3) is 0.278. The predicted octanol–water partition coefficient (Wildman–Crippen LogP) is 3.38. The van der Waals surface area contributed by atoms with Gasteiger partial charge in [-0.15, -0.1) is 0 Å². The zero-order chi connectivity index (χ0) is 16.9. The van der Waals surface area contributed by atoms with Gasteiger partial charge in [-0.25, -0.2) is 9.78 Å². The number of nitrogens with zero attached hydrogens (tertiary/aromatic N) is 3. The van der Waals surface area contributed by atoms with Crippen LogP contribution >= 0.6 is 0 Å². The average molecular weight is 326 g/mol. The molecule has 6 heteroatoms. The smallest absolute Gasteiger partial charge is 0.314 e. The van der Waals surface area contributed by atoms with Gasteiger partial charge in [0.1, 0.15) is 5.75 Å². The number of piperidine rings is 1. The molecule has 1 fully saturated rings. The van der Waals surface area contributed by atoms with E-state index in [4.69, 9.17) is 10.5 Å². The van der Waals surface area contributed by atoms with Crippen molar-refractivity contribution in [2.75, 3.05) is 13.1 Å². The molecular weight excluding hydrogens is 304 g/mol. The first-order chi connectivity index (χ1) is 11.6. The van der Waals surface area contributed by atoms with Gasteiger partial charge >= 0.3 is 6.03 Å². The summed E-state index contributed by atoms with van der Waals surface area (Å²) in [6.07, 6.45) is 7.12. The molecule has 1 aliphatic rings. The maximum absolute atomic E-state index is 11.2. The van der Waals surface area contributed by atoms with Gasteiger partial charge in [0.25, 0.3) is 0 Å². The lowest BCUT2D eigenvalue weighted by Crippen LogP contribution is -2.39. The van der Waals surface area contributed by atoms with Crippen LogP contribution in [0.4, 0.5) is 4.79 Å². The van der Waals surface area contributed by atoms with E-state index < -0.39 is 0 Å². The van der Waals surface area contributed by atoms with Gasteiger partial charge in [-0.3, -0.25) is 4.98 Å². The van der Waals surface area contributed by atoms with Gasteiger partial charge in [-0.05, 0) is 37.5 Å². The minimum absolute atomic E-state index is 0. The molecule has 0 bridgehead atoms. The van der Waals surface area contributed by atoms with E-state index >= 15 is 0 Å². The monoisotopic (exact) mass is 326 g/mol. The van der Waals surface area contributed by atoms with Crippen LogP contribution in [0.5, 0.6) is 11.6 Å². The molecule has 0 saturated carbocycles. The van der Waals surface area contributed by atoms with Gasteiger partial charge in [-0.1, -0.05) is 23.8 Å². The number of hydrogen-bond acceptors (Lipinski definition) is 4. The molecule has 1 saturated heterocycles. The maximum atomic E-state index is 11.2. The fourth-order valence-corrected chi connectivity index (χ4v) is 2.62. The van der Waals surface area contributed by atoms with Crippen molar-refractivity contribution in [3.05, 3.63) is 53.5 Å². The predicted molar refractivity (Wildman–Crippen MR) is 93.8 cm³/mol. The second-order valence-electron chi connectivity index (χ2n) is 5.80. The molecule has 3 rings (SSSR count). The summed E-state index contributed by atoms with van der Waals surface area (Å²) in [4.78, 5) is 21.2. The first-order valence-corrected chi connectivity index (χ1v) is 7.90. The molecule has 1 aliphatic heterocycles. The Morgan fingerprint density at radius 2 is 2.08 bits per heavy atom. The van der Waals surface area contributed by atoms with E-state index in [0.717, 1.165) is 29.8 Å². The molecule has 1 aromatic heterocycles. The molecule has 0 unspecified atom stereocenters. The van der Waals surface area contributed by atoms with Gasteiger partial charge in [0.15, 0.2) is 0 Å². The Balaban J connectivity index is 0.00000225. The third-order valence-electron chi connectivity index (χ3n) is 3.93. The number of carbonyl (C=O) groups is 1. The van der Waals surface area contributed by atoms with E-state index in [0.29, 0.717) is 19.0 Å². The molecule has 0 radical (unpaired) electrons. The van der Waals surface area contributed by atoms with Crippen LogP contribution in [0, 0.1) is 6.92 Å². The summed E-state index contributed by atoms with van der Waals surface area (Å²) in [7, 11) is 0. The van der Waals surface area contributed by atoms with E-state index in [1.807, 2.05) is 31.2 Å². The molecule has 24 heavy (non-hydrogen) atoms. The Morgan fingerprint density at radius 1 is 1.29 bits per heavy atom. The molecule has 126 valence electrons. The Hall–Kier alpha value is -2.89. The summed E-state index contributed by atoms with van der Waals surface area (Å²) in [5.74, 6) is 1.19. The third kappa shape index (κ3) is 4.10. The molecule has 2 amide bonds. The topological polar surface area (TPSA) is 81.3 Å². The molecule has 0 spiro atoms. The number of primary amides is 1. The largest absolute Gasteiger partial charge is 0.437 e. The summed E-state index contributed by atoms with van der Waals surface area (Å²) in [5, 5.41) is 0. The number of amides is 2. The van der Waals surface area contributed by atoms with Crippen LogP contribution < -0.4 is 10.5 Å².